The lowest BCUT2D eigenvalue weighted by atomic mass is 10.1. The molecule has 1 amide bonds. The molecule has 0 saturated carbocycles. The van der Waals surface area contributed by atoms with Crippen LogP contribution in [0.5, 0.6) is 0 Å². The van der Waals surface area contributed by atoms with Gasteiger partial charge in [-0.05, 0) is 67.9 Å². The fourth-order valence-corrected chi connectivity index (χ4v) is 3.32. The smallest absolute Gasteiger partial charge is 0.266 e. The molecule has 2 aromatic rings. The third-order valence-corrected chi connectivity index (χ3v) is 4.74. The first-order chi connectivity index (χ1) is 11.1. The fourth-order valence-electron chi connectivity index (χ4n) is 2.28. The maximum Gasteiger partial charge on any atom is 0.266 e. The molecule has 1 aliphatic rings. The van der Waals surface area contributed by atoms with Gasteiger partial charge in [-0.25, -0.2) is 4.99 Å². The van der Waals surface area contributed by atoms with E-state index in [1.807, 2.05) is 31.2 Å². The summed E-state index contributed by atoms with van der Waals surface area (Å²) in [5.41, 5.74) is 3.28. The molecule has 0 radical (unpaired) electrons. The number of amidine groups is 1. The number of rotatable bonds is 3. The van der Waals surface area contributed by atoms with E-state index < -0.39 is 0 Å². The van der Waals surface area contributed by atoms with Gasteiger partial charge < -0.3 is 4.42 Å². The molecule has 3 rings (SSSR count). The second-order valence-electron chi connectivity index (χ2n) is 5.34. The Morgan fingerprint density at radius 3 is 2.74 bits per heavy atom. The summed E-state index contributed by atoms with van der Waals surface area (Å²) in [6, 6.07) is 9.69. The number of aryl methyl sites for hydroxylation is 2. The maximum absolute atomic E-state index is 12.5. The summed E-state index contributed by atoms with van der Waals surface area (Å²) in [6.45, 7) is 6.67. The highest BCUT2D eigenvalue weighted by atomic mass is 32.2. The normalized spacial score (nSPS) is 18.4. The van der Waals surface area contributed by atoms with Crippen molar-refractivity contribution in [3.05, 3.63) is 58.4 Å². The van der Waals surface area contributed by atoms with Gasteiger partial charge in [-0.2, -0.15) is 0 Å². The van der Waals surface area contributed by atoms with Crippen molar-refractivity contribution in [1.29, 1.82) is 0 Å². The fraction of sp³-hybridized carbons (Fsp3) is 0.222. The van der Waals surface area contributed by atoms with E-state index in [2.05, 4.69) is 18.8 Å². The van der Waals surface area contributed by atoms with Crippen LogP contribution in [0.4, 0.5) is 5.69 Å². The van der Waals surface area contributed by atoms with Crippen LogP contribution in [0.25, 0.3) is 6.08 Å². The van der Waals surface area contributed by atoms with Gasteiger partial charge >= 0.3 is 0 Å². The molecule has 0 N–H and O–H groups in total. The van der Waals surface area contributed by atoms with Gasteiger partial charge in [-0.15, -0.1) is 0 Å². The number of benzene rings is 1. The van der Waals surface area contributed by atoms with Crippen molar-refractivity contribution in [3.63, 3.8) is 0 Å². The number of furan rings is 1. The predicted molar refractivity (Wildman–Crippen MR) is 94.7 cm³/mol. The van der Waals surface area contributed by atoms with Gasteiger partial charge in [0.1, 0.15) is 5.76 Å². The predicted octanol–water partition coefficient (Wildman–Crippen LogP) is 4.52. The van der Waals surface area contributed by atoms with E-state index >= 15 is 0 Å². The third kappa shape index (κ3) is 3.24. The van der Waals surface area contributed by atoms with Crippen LogP contribution in [0.15, 0.2) is 50.9 Å². The third-order valence-electron chi connectivity index (χ3n) is 3.74. The highest BCUT2D eigenvalue weighted by Crippen LogP contribution is 2.34. The van der Waals surface area contributed by atoms with E-state index in [4.69, 9.17) is 4.42 Å². The largest absolute Gasteiger partial charge is 0.465 e. The van der Waals surface area contributed by atoms with Gasteiger partial charge in [0.15, 0.2) is 5.17 Å². The number of hydrogen-bond donors (Lipinski definition) is 0. The lowest BCUT2D eigenvalue weighted by molar-refractivity contribution is -0.122. The Morgan fingerprint density at radius 2 is 2.09 bits per heavy atom. The number of nitrogens with zero attached hydrogens (tertiary/aromatic N) is 2. The van der Waals surface area contributed by atoms with Crippen molar-refractivity contribution in [3.8, 4) is 0 Å². The SMILES string of the molecule is CCN1C(=O)/C(=C/c2ccco2)SC1=Nc1ccc(C)c(C)c1. The van der Waals surface area contributed by atoms with Crippen LogP contribution in [0.2, 0.25) is 0 Å². The minimum atomic E-state index is -0.0310. The van der Waals surface area contributed by atoms with Crippen molar-refractivity contribution in [2.45, 2.75) is 20.8 Å². The quantitative estimate of drug-likeness (QED) is 0.779. The number of carbonyl (C=O) groups is 1. The summed E-state index contributed by atoms with van der Waals surface area (Å²) in [6.07, 6.45) is 3.36. The van der Waals surface area contributed by atoms with Crippen molar-refractivity contribution < 1.29 is 9.21 Å². The van der Waals surface area contributed by atoms with Crippen molar-refractivity contribution >= 4 is 34.6 Å². The van der Waals surface area contributed by atoms with E-state index in [0.717, 1.165) is 5.69 Å². The van der Waals surface area contributed by atoms with Crippen LogP contribution < -0.4 is 0 Å². The molecule has 1 fully saturated rings. The Bertz CT molecular complexity index is 791. The van der Waals surface area contributed by atoms with Crippen molar-refractivity contribution in [2.75, 3.05) is 6.54 Å². The Labute approximate surface area is 139 Å². The molecular formula is C18H18N2O2S. The topological polar surface area (TPSA) is 45.8 Å². The summed E-state index contributed by atoms with van der Waals surface area (Å²) in [4.78, 5) is 19.5. The average Bonchev–Trinajstić information content (AvgIpc) is 3.13. The molecule has 1 saturated heterocycles. The molecular weight excluding hydrogens is 308 g/mol. The zero-order valence-electron chi connectivity index (χ0n) is 13.4. The zero-order chi connectivity index (χ0) is 16.4. The monoisotopic (exact) mass is 326 g/mol. The first-order valence-electron chi connectivity index (χ1n) is 7.49. The Kier molecular flexibility index (Phi) is 4.39. The molecule has 1 aromatic carbocycles. The molecule has 0 bridgehead atoms. The van der Waals surface area contributed by atoms with Gasteiger partial charge in [0.05, 0.1) is 16.9 Å². The Balaban J connectivity index is 1.94. The zero-order valence-corrected chi connectivity index (χ0v) is 14.2. The second kappa shape index (κ2) is 6.46. The standard InChI is InChI=1S/C18H18N2O2S/c1-4-20-17(21)16(11-15-6-5-9-22-15)23-18(20)19-14-8-7-12(2)13(3)10-14/h5-11H,4H2,1-3H3/b16-11-,19-18?. The highest BCUT2D eigenvalue weighted by molar-refractivity contribution is 8.18. The van der Waals surface area contributed by atoms with Crippen molar-refractivity contribution in [2.24, 2.45) is 4.99 Å². The highest BCUT2D eigenvalue weighted by Gasteiger charge is 2.32. The Morgan fingerprint density at radius 1 is 1.26 bits per heavy atom. The van der Waals surface area contributed by atoms with E-state index in [-0.39, 0.29) is 5.91 Å². The second-order valence-corrected chi connectivity index (χ2v) is 6.35. The van der Waals surface area contributed by atoms with Gasteiger partial charge in [0.2, 0.25) is 0 Å². The first kappa shape index (κ1) is 15.6. The summed E-state index contributed by atoms with van der Waals surface area (Å²) in [5.74, 6) is 0.640. The first-order valence-corrected chi connectivity index (χ1v) is 8.31. The van der Waals surface area contributed by atoms with Gasteiger partial charge in [0, 0.05) is 12.6 Å². The number of carbonyl (C=O) groups excluding carboxylic acids is 1. The lowest BCUT2D eigenvalue weighted by Crippen LogP contribution is -2.28. The van der Waals surface area contributed by atoms with Crippen LogP contribution in [-0.4, -0.2) is 22.5 Å². The summed E-state index contributed by atoms with van der Waals surface area (Å²) in [7, 11) is 0. The van der Waals surface area contributed by atoms with Crippen LogP contribution in [0, 0.1) is 13.8 Å². The summed E-state index contributed by atoms with van der Waals surface area (Å²) >= 11 is 1.38. The molecule has 0 unspecified atom stereocenters. The van der Waals surface area contributed by atoms with E-state index in [1.54, 1.807) is 23.3 Å². The summed E-state index contributed by atoms with van der Waals surface area (Å²) < 4.78 is 5.29. The number of hydrogen-bond acceptors (Lipinski definition) is 4. The number of amides is 1. The van der Waals surface area contributed by atoms with E-state index in [9.17, 15) is 4.79 Å². The lowest BCUT2D eigenvalue weighted by Gasteiger charge is -2.12. The molecule has 0 atom stereocenters. The minimum Gasteiger partial charge on any atom is -0.465 e. The summed E-state index contributed by atoms with van der Waals surface area (Å²) in [5, 5.41) is 0.707. The Hall–Kier alpha value is -2.27. The van der Waals surface area contributed by atoms with Gasteiger partial charge in [-0.3, -0.25) is 9.69 Å². The molecule has 2 heterocycles. The van der Waals surface area contributed by atoms with Crippen LogP contribution in [-0.2, 0) is 4.79 Å². The maximum atomic E-state index is 12.5. The molecule has 23 heavy (non-hydrogen) atoms. The van der Waals surface area contributed by atoms with Crippen LogP contribution in [0.1, 0.15) is 23.8 Å². The molecule has 0 aliphatic carbocycles. The molecule has 1 aromatic heterocycles. The molecule has 1 aliphatic heterocycles. The number of thioether (sulfide) groups is 1. The van der Waals surface area contributed by atoms with Gasteiger partial charge in [0.25, 0.3) is 5.91 Å². The molecule has 0 spiro atoms. The minimum absolute atomic E-state index is 0.0310. The molecule has 4 nitrogen and oxygen atoms in total. The van der Waals surface area contributed by atoms with Crippen molar-refractivity contribution in [1.82, 2.24) is 4.90 Å². The van der Waals surface area contributed by atoms with E-state index in [0.29, 0.717) is 22.4 Å². The van der Waals surface area contributed by atoms with Gasteiger partial charge in [-0.1, -0.05) is 6.07 Å². The molecule has 5 heteroatoms. The average molecular weight is 326 g/mol. The van der Waals surface area contributed by atoms with Crippen LogP contribution in [0.3, 0.4) is 0 Å². The van der Waals surface area contributed by atoms with E-state index in [1.165, 1.54) is 22.9 Å². The van der Waals surface area contributed by atoms with Crippen LogP contribution >= 0.6 is 11.8 Å². The molecule has 118 valence electrons. The number of likely N-dealkylation sites (N-methyl/N-ethyl adjacent to an activating group) is 1. The number of aliphatic imine (C=N–C) groups is 1.